The van der Waals surface area contributed by atoms with Gasteiger partial charge in [-0.05, 0) is 25.5 Å². The highest BCUT2D eigenvalue weighted by Gasteiger charge is 2.11. The van der Waals surface area contributed by atoms with E-state index in [2.05, 4.69) is 38.6 Å². The second-order valence-electron chi connectivity index (χ2n) is 5.71. The topological polar surface area (TPSA) is 43.2 Å². The van der Waals surface area contributed by atoms with Crippen LogP contribution in [0.3, 0.4) is 0 Å². The number of methoxy groups -OCH3 is 1. The second-order valence-corrected chi connectivity index (χ2v) is 5.71. The van der Waals surface area contributed by atoms with Crippen LogP contribution in [-0.2, 0) is 6.54 Å². The summed E-state index contributed by atoms with van der Waals surface area (Å²) < 4.78 is 7.56. The Labute approximate surface area is 136 Å². The molecule has 0 atom stereocenters. The monoisotopic (exact) mass is 310 g/mol. The lowest BCUT2D eigenvalue weighted by atomic mass is 10.1. The lowest BCUT2D eigenvalue weighted by Crippen LogP contribution is -2.20. The standard InChI is InChI=1S/C18H22N4O/c1-14-12-16(15-6-4-7-17(23-3)18(15)20-14)21(2)9-5-10-22-11-8-19-13-22/h4,6-8,11-13H,5,9-10H2,1-3H3. The molecule has 5 heteroatoms. The van der Waals surface area contributed by atoms with Gasteiger partial charge in [0.05, 0.1) is 13.4 Å². The summed E-state index contributed by atoms with van der Waals surface area (Å²) in [6, 6.07) is 8.21. The van der Waals surface area contributed by atoms with Gasteiger partial charge in [0.15, 0.2) is 0 Å². The highest BCUT2D eigenvalue weighted by molar-refractivity contribution is 5.95. The summed E-state index contributed by atoms with van der Waals surface area (Å²) in [5.74, 6) is 0.819. The molecular weight excluding hydrogens is 288 g/mol. The smallest absolute Gasteiger partial charge is 0.145 e. The van der Waals surface area contributed by atoms with Gasteiger partial charge in [0.25, 0.3) is 0 Å². The molecule has 0 aliphatic rings. The van der Waals surface area contributed by atoms with Gasteiger partial charge >= 0.3 is 0 Å². The zero-order chi connectivity index (χ0) is 16.2. The number of aromatic nitrogens is 3. The number of fused-ring (bicyclic) bond motifs is 1. The molecule has 0 bridgehead atoms. The number of anilines is 1. The fraction of sp³-hybridized carbons (Fsp3) is 0.333. The van der Waals surface area contributed by atoms with Crippen molar-refractivity contribution < 1.29 is 4.74 Å². The van der Waals surface area contributed by atoms with Crippen molar-refractivity contribution in [3.63, 3.8) is 0 Å². The molecule has 3 aromatic rings. The molecule has 1 aromatic carbocycles. The van der Waals surface area contributed by atoms with Crippen LogP contribution in [0.5, 0.6) is 5.75 Å². The van der Waals surface area contributed by atoms with Gasteiger partial charge in [-0.25, -0.2) is 9.97 Å². The van der Waals surface area contributed by atoms with Gasteiger partial charge < -0.3 is 14.2 Å². The van der Waals surface area contributed by atoms with Crippen LogP contribution in [0.15, 0.2) is 43.0 Å². The summed E-state index contributed by atoms with van der Waals surface area (Å²) in [5.41, 5.74) is 3.11. The Hall–Kier alpha value is -2.56. The molecule has 23 heavy (non-hydrogen) atoms. The minimum Gasteiger partial charge on any atom is -0.494 e. The number of imidazole rings is 1. The molecule has 0 unspecified atom stereocenters. The molecule has 2 aromatic heterocycles. The van der Waals surface area contributed by atoms with E-state index in [1.54, 1.807) is 7.11 Å². The van der Waals surface area contributed by atoms with Crippen molar-refractivity contribution in [3.8, 4) is 5.75 Å². The van der Waals surface area contributed by atoms with Gasteiger partial charge in [-0.1, -0.05) is 12.1 Å². The summed E-state index contributed by atoms with van der Waals surface area (Å²) in [5, 5.41) is 1.13. The normalized spacial score (nSPS) is 10.9. The quantitative estimate of drug-likeness (QED) is 0.701. The lowest BCUT2D eigenvalue weighted by molar-refractivity contribution is 0.419. The maximum absolute atomic E-state index is 5.46. The molecule has 120 valence electrons. The molecule has 0 saturated heterocycles. The minimum absolute atomic E-state index is 0.819. The minimum atomic E-state index is 0.819. The van der Waals surface area contributed by atoms with Gasteiger partial charge in [0.1, 0.15) is 11.3 Å². The number of pyridine rings is 1. The van der Waals surface area contributed by atoms with Crippen LogP contribution in [-0.4, -0.2) is 35.2 Å². The predicted molar refractivity (Wildman–Crippen MR) is 93.1 cm³/mol. The van der Waals surface area contributed by atoms with Gasteiger partial charge in [-0.2, -0.15) is 0 Å². The molecular formula is C18H22N4O. The Morgan fingerprint density at radius 1 is 1.30 bits per heavy atom. The maximum Gasteiger partial charge on any atom is 0.145 e. The van der Waals surface area contributed by atoms with E-state index in [0.29, 0.717) is 0 Å². The van der Waals surface area contributed by atoms with E-state index >= 15 is 0 Å². The Balaban J connectivity index is 1.83. The molecule has 0 spiro atoms. The summed E-state index contributed by atoms with van der Waals surface area (Å²) in [7, 11) is 3.81. The highest BCUT2D eigenvalue weighted by Crippen LogP contribution is 2.31. The first-order valence-corrected chi connectivity index (χ1v) is 7.80. The Kier molecular flexibility index (Phi) is 4.46. The zero-order valence-electron chi connectivity index (χ0n) is 13.9. The lowest BCUT2D eigenvalue weighted by Gasteiger charge is -2.22. The number of hydrogen-bond acceptors (Lipinski definition) is 4. The van der Waals surface area contributed by atoms with Crippen LogP contribution in [0.1, 0.15) is 12.1 Å². The first-order valence-electron chi connectivity index (χ1n) is 7.80. The van der Waals surface area contributed by atoms with Crippen LogP contribution in [0.25, 0.3) is 10.9 Å². The average molecular weight is 310 g/mol. The number of nitrogens with zero attached hydrogens (tertiary/aromatic N) is 4. The maximum atomic E-state index is 5.46. The number of ether oxygens (including phenoxy) is 1. The Morgan fingerprint density at radius 2 is 2.17 bits per heavy atom. The number of para-hydroxylation sites is 1. The zero-order valence-corrected chi connectivity index (χ0v) is 13.9. The van der Waals surface area contributed by atoms with Crippen molar-refractivity contribution in [1.29, 1.82) is 0 Å². The molecule has 0 saturated carbocycles. The van der Waals surface area contributed by atoms with Crippen molar-refractivity contribution >= 4 is 16.6 Å². The summed E-state index contributed by atoms with van der Waals surface area (Å²) in [4.78, 5) is 11.0. The van der Waals surface area contributed by atoms with Gasteiger partial charge in [-0.15, -0.1) is 0 Å². The van der Waals surface area contributed by atoms with E-state index in [9.17, 15) is 0 Å². The van der Waals surface area contributed by atoms with E-state index in [-0.39, 0.29) is 0 Å². The van der Waals surface area contributed by atoms with Gasteiger partial charge in [0, 0.05) is 49.3 Å². The van der Waals surface area contributed by atoms with E-state index < -0.39 is 0 Å². The number of benzene rings is 1. The van der Waals surface area contributed by atoms with E-state index in [1.807, 2.05) is 37.8 Å². The van der Waals surface area contributed by atoms with Crippen LogP contribution >= 0.6 is 0 Å². The van der Waals surface area contributed by atoms with Crippen molar-refractivity contribution in [3.05, 3.63) is 48.7 Å². The number of rotatable bonds is 6. The molecule has 5 nitrogen and oxygen atoms in total. The fourth-order valence-corrected chi connectivity index (χ4v) is 2.84. The van der Waals surface area contributed by atoms with Crippen LogP contribution in [0.4, 0.5) is 5.69 Å². The highest BCUT2D eigenvalue weighted by atomic mass is 16.5. The first-order chi connectivity index (χ1) is 11.2. The largest absolute Gasteiger partial charge is 0.494 e. The molecule has 0 fully saturated rings. The third-order valence-electron chi connectivity index (χ3n) is 4.01. The summed E-state index contributed by atoms with van der Waals surface area (Å²) >= 11 is 0. The average Bonchev–Trinajstić information content (AvgIpc) is 3.06. The number of aryl methyl sites for hydroxylation is 2. The van der Waals surface area contributed by atoms with Crippen molar-refractivity contribution in [2.45, 2.75) is 19.9 Å². The van der Waals surface area contributed by atoms with Crippen LogP contribution in [0, 0.1) is 6.92 Å². The van der Waals surface area contributed by atoms with E-state index in [4.69, 9.17) is 4.74 Å². The van der Waals surface area contributed by atoms with Crippen molar-refractivity contribution in [1.82, 2.24) is 14.5 Å². The van der Waals surface area contributed by atoms with E-state index in [1.165, 1.54) is 5.69 Å². The van der Waals surface area contributed by atoms with E-state index in [0.717, 1.165) is 41.9 Å². The summed E-state index contributed by atoms with van der Waals surface area (Å²) in [6.07, 6.45) is 6.73. The Bertz CT molecular complexity index is 783. The first kappa shape index (κ1) is 15.3. The van der Waals surface area contributed by atoms with Crippen molar-refractivity contribution in [2.75, 3.05) is 25.6 Å². The number of hydrogen-bond donors (Lipinski definition) is 0. The third kappa shape index (κ3) is 3.28. The SMILES string of the molecule is COc1cccc2c(N(C)CCCn3ccnc3)cc(C)nc12. The molecule has 0 aliphatic heterocycles. The van der Waals surface area contributed by atoms with Crippen LogP contribution in [0.2, 0.25) is 0 Å². The second kappa shape index (κ2) is 6.69. The fourth-order valence-electron chi connectivity index (χ4n) is 2.84. The molecule has 3 rings (SSSR count). The predicted octanol–water partition coefficient (Wildman–Crippen LogP) is 3.27. The third-order valence-corrected chi connectivity index (χ3v) is 4.01. The molecule has 0 N–H and O–H groups in total. The molecule has 0 amide bonds. The molecule has 0 aliphatic carbocycles. The van der Waals surface area contributed by atoms with Gasteiger partial charge in [-0.3, -0.25) is 0 Å². The van der Waals surface area contributed by atoms with Gasteiger partial charge in [0.2, 0.25) is 0 Å². The van der Waals surface area contributed by atoms with Crippen molar-refractivity contribution in [2.24, 2.45) is 0 Å². The van der Waals surface area contributed by atoms with Crippen LogP contribution < -0.4 is 9.64 Å². The summed E-state index contributed by atoms with van der Waals surface area (Å²) in [6.45, 7) is 3.96. The molecule has 2 heterocycles. The Morgan fingerprint density at radius 3 is 2.91 bits per heavy atom. The molecule has 0 radical (unpaired) electrons.